The molecule has 0 spiro atoms. The molecule has 2 aliphatic carbocycles. The van der Waals surface area contributed by atoms with Crippen molar-refractivity contribution in [2.24, 2.45) is 5.92 Å². The summed E-state index contributed by atoms with van der Waals surface area (Å²) < 4.78 is 2.25. The first-order valence-electron chi connectivity index (χ1n) is 8.78. The molecule has 1 aromatic heterocycles. The number of hydrogen-bond donors (Lipinski definition) is 0. The van der Waals surface area contributed by atoms with Gasteiger partial charge in [0.1, 0.15) is 0 Å². The lowest BCUT2D eigenvalue weighted by atomic mass is 9.78. The average molecular weight is 319 g/mol. The molecule has 0 bridgehead atoms. The van der Waals surface area contributed by atoms with Crippen LogP contribution in [-0.4, -0.2) is 38.7 Å². The number of hydrogen-bond acceptors (Lipinski definition) is 3. The molecule has 120 valence electrons. The standard InChI is InChI=1S/C17H25N3OS/c21-16(12-22-17-18-9-11-19(17)14-7-8-14)20-10-3-5-13-4-1-2-6-15(13)20/h9,11,13-15H,1-8,10,12H2/t13-,15+/m1/s1. The molecule has 2 atom stereocenters. The number of fused-ring (bicyclic) bond motifs is 1. The summed E-state index contributed by atoms with van der Waals surface area (Å²) in [6, 6.07) is 1.16. The van der Waals surface area contributed by atoms with Crippen molar-refractivity contribution in [3.63, 3.8) is 0 Å². The number of piperidine rings is 1. The van der Waals surface area contributed by atoms with E-state index in [0.29, 0.717) is 23.7 Å². The fraction of sp³-hybridized carbons (Fsp3) is 0.765. The Balaban J connectivity index is 1.37. The monoisotopic (exact) mass is 319 g/mol. The van der Waals surface area contributed by atoms with E-state index in [1.54, 1.807) is 11.8 Å². The summed E-state index contributed by atoms with van der Waals surface area (Å²) >= 11 is 1.62. The van der Waals surface area contributed by atoms with Gasteiger partial charge in [-0.1, -0.05) is 24.6 Å². The first-order chi connectivity index (χ1) is 10.8. The number of thioether (sulfide) groups is 1. The summed E-state index contributed by atoms with van der Waals surface area (Å²) in [5.41, 5.74) is 0. The number of imidazole rings is 1. The van der Waals surface area contributed by atoms with Crippen molar-refractivity contribution in [3.05, 3.63) is 12.4 Å². The highest BCUT2D eigenvalue weighted by atomic mass is 32.2. The number of amides is 1. The zero-order valence-corrected chi connectivity index (χ0v) is 13.9. The lowest BCUT2D eigenvalue weighted by Gasteiger charge is -2.44. The summed E-state index contributed by atoms with van der Waals surface area (Å²) in [5.74, 6) is 1.64. The van der Waals surface area contributed by atoms with Crippen molar-refractivity contribution >= 4 is 17.7 Å². The zero-order chi connectivity index (χ0) is 14.9. The second-order valence-corrected chi connectivity index (χ2v) is 7.92. The molecule has 3 aliphatic rings. The molecule has 2 saturated carbocycles. The quantitative estimate of drug-likeness (QED) is 0.797. The van der Waals surface area contributed by atoms with Crippen molar-refractivity contribution in [1.29, 1.82) is 0 Å². The Kier molecular flexibility index (Phi) is 4.16. The van der Waals surface area contributed by atoms with Crippen LogP contribution in [0.2, 0.25) is 0 Å². The van der Waals surface area contributed by atoms with Gasteiger partial charge in [-0.25, -0.2) is 4.98 Å². The molecule has 1 amide bonds. The number of nitrogens with zero attached hydrogens (tertiary/aromatic N) is 3. The SMILES string of the molecule is O=C(CSc1nccn1C1CC1)N1CCC[C@H]2CCCC[C@@H]21. The Labute approximate surface area is 136 Å². The van der Waals surface area contributed by atoms with Crippen molar-refractivity contribution in [3.8, 4) is 0 Å². The third-order valence-electron chi connectivity index (χ3n) is 5.46. The summed E-state index contributed by atoms with van der Waals surface area (Å²) in [5, 5.41) is 1.02. The van der Waals surface area contributed by atoms with Gasteiger partial charge in [-0.2, -0.15) is 0 Å². The second kappa shape index (κ2) is 6.26. The zero-order valence-electron chi connectivity index (χ0n) is 13.1. The maximum absolute atomic E-state index is 12.7. The van der Waals surface area contributed by atoms with E-state index in [2.05, 4.69) is 20.6 Å². The summed E-state index contributed by atoms with van der Waals surface area (Å²) in [6.07, 6.45) is 14.2. The van der Waals surface area contributed by atoms with Crippen molar-refractivity contribution in [2.75, 3.05) is 12.3 Å². The highest BCUT2D eigenvalue weighted by Gasteiger charge is 2.35. The van der Waals surface area contributed by atoms with Crippen LogP contribution >= 0.6 is 11.8 Å². The van der Waals surface area contributed by atoms with E-state index in [-0.39, 0.29) is 0 Å². The summed E-state index contributed by atoms with van der Waals surface area (Å²) in [6.45, 7) is 0.970. The van der Waals surface area contributed by atoms with Gasteiger partial charge in [0.05, 0.1) is 5.75 Å². The molecule has 0 aromatic carbocycles. The molecule has 4 rings (SSSR count). The van der Waals surface area contributed by atoms with Crippen LogP contribution in [0.3, 0.4) is 0 Å². The molecular weight excluding hydrogens is 294 g/mol. The number of aromatic nitrogens is 2. The number of carbonyl (C=O) groups excluding carboxylic acids is 1. The highest BCUT2D eigenvalue weighted by Crippen LogP contribution is 2.38. The minimum Gasteiger partial charge on any atom is -0.339 e. The third kappa shape index (κ3) is 2.92. The van der Waals surface area contributed by atoms with Gasteiger partial charge in [0.2, 0.25) is 5.91 Å². The molecule has 1 saturated heterocycles. The molecule has 1 aromatic rings. The largest absolute Gasteiger partial charge is 0.339 e. The molecule has 22 heavy (non-hydrogen) atoms. The smallest absolute Gasteiger partial charge is 0.233 e. The van der Waals surface area contributed by atoms with E-state index < -0.39 is 0 Å². The van der Waals surface area contributed by atoms with Crippen LogP contribution in [0.15, 0.2) is 17.6 Å². The summed E-state index contributed by atoms with van der Waals surface area (Å²) in [7, 11) is 0. The van der Waals surface area contributed by atoms with E-state index >= 15 is 0 Å². The van der Waals surface area contributed by atoms with Crippen LogP contribution in [0.4, 0.5) is 0 Å². The van der Waals surface area contributed by atoms with Crippen LogP contribution in [0.25, 0.3) is 0 Å². The van der Waals surface area contributed by atoms with E-state index in [9.17, 15) is 4.79 Å². The molecule has 0 N–H and O–H groups in total. The van der Waals surface area contributed by atoms with E-state index in [1.807, 2.05) is 6.20 Å². The van der Waals surface area contributed by atoms with Gasteiger partial charge in [0, 0.05) is 31.0 Å². The fourth-order valence-electron chi connectivity index (χ4n) is 4.19. The Hall–Kier alpha value is -0.970. The predicted molar refractivity (Wildman–Crippen MR) is 87.9 cm³/mol. The predicted octanol–water partition coefficient (Wildman–Crippen LogP) is 3.49. The molecule has 2 heterocycles. The molecule has 0 radical (unpaired) electrons. The first-order valence-corrected chi connectivity index (χ1v) is 9.76. The van der Waals surface area contributed by atoms with Crippen molar-refractivity contribution < 1.29 is 4.79 Å². The van der Waals surface area contributed by atoms with Crippen LogP contribution < -0.4 is 0 Å². The Morgan fingerprint density at radius 2 is 2.00 bits per heavy atom. The maximum Gasteiger partial charge on any atom is 0.233 e. The van der Waals surface area contributed by atoms with Gasteiger partial charge in [-0.15, -0.1) is 0 Å². The Bertz CT molecular complexity index is 538. The van der Waals surface area contributed by atoms with Gasteiger partial charge in [-0.05, 0) is 44.4 Å². The second-order valence-electron chi connectivity index (χ2n) is 6.98. The van der Waals surface area contributed by atoms with Crippen LogP contribution in [-0.2, 0) is 4.79 Å². The topological polar surface area (TPSA) is 38.1 Å². The Morgan fingerprint density at radius 1 is 1.18 bits per heavy atom. The minimum absolute atomic E-state index is 0.326. The minimum atomic E-state index is 0.326. The van der Waals surface area contributed by atoms with E-state index in [1.165, 1.54) is 51.4 Å². The molecule has 4 nitrogen and oxygen atoms in total. The lowest BCUT2D eigenvalue weighted by Crippen LogP contribution is -2.50. The normalized spacial score (nSPS) is 28.5. The fourth-order valence-corrected chi connectivity index (χ4v) is 5.10. The Morgan fingerprint density at radius 3 is 2.86 bits per heavy atom. The molecule has 0 unspecified atom stereocenters. The van der Waals surface area contributed by atoms with Gasteiger partial charge >= 0.3 is 0 Å². The first kappa shape index (κ1) is 14.6. The maximum atomic E-state index is 12.7. The highest BCUT2D eigenvalue weighted by molar-refractivity contribution is 7.99. The van der Waals surface area contributed by atoms with Crippen LogP contribution in [0.5, 0.6) is 0 Å². The van der Waals surface area contributed by atoms with Gasteiger partial charge < -0.3 is 9.47 Å². The van der Waals surface area contributed by atoms with Crippen molar-refractivity contribution in [1.82, 2.24) is 14.5 Å². The van der Waals surface area contributed by atoms with Gasteiger partial charge in [-0.3, -0.25) is 4.79 Å². The van der Waals surface area contributed by atoms with Gasteiger partial charge in [0.25, 0.3) is 0 Å². The van der Waals surface area contributed by atoms with Gasteiger partial charge in [0.15, 0.2) is 5.16 Å². The molecule has 1 aliphatic heterocycles. The number of carbonyl (C=O) groups is 1. The van der Waals surface area contributed by atoms with E-state index in [4.69, 9.17) is 0 Å². The van der Waals surface area contributed by atoms with Crippen LogP contribution in [0, 0.1) is 5.92 Å². The molecule has 5 heteroatoms. The average Bonchev–Trinajstić information content (AvgIpc) is 3.30. The summed E-state index contributed by atoms with van der Waals surface area (Å²) in [4.78, 5) is 19.3. The molecule has 3 fully saturated rings. The number of likely N-dealkylation sites (tertiary alicyclic amines) is 1. The van der Waals surface area contributed by atoms with Crippen molar-refractivity contribution in [2.45, 2.75) is 68.6 Å². The molecular formula is C17H25N3OS. The van der Waals surface area contributed by atoms with E-state index in [0.717, 1.165) is 17.6 Å². The lowest BCUT2D eigenvalue weighted by molar-refractivity contribution is -0.134. The van der Waals surface area contributed by atoms with Crippen LogP contribution in [0.1, 0.15) is 57.4 Å². The number of rotatable bonds is 4. The third-order valence-corrected chi connectivity index (χ3v) is 6.43.